The number of alkyl halides is 1. The lowest BCUT2D eigenvalue weighted by atomic mass is 9.89. The van der Waals surface area contributed by atoms with Gasteiger partial charge < -0.3 is 5.32 Å². The molecule has 98 valence electrons. The Morgan fingerprint density at radius 3 is 2.72 bits per heavy atom. The van der Waals surface area contributed by atoms with Crippen molar-refractivity contribution in [1.29, 1.82) is 0 Å². The standard InChI is InChI=1S/C13H16BrFN2O/c14-8-13(5-1-2-6-13)9-17-12(18)11-4-3-10(15)7-16-11/h3-4,7H,1-2,5-6,8-9H2,(H,17,18). The van der Waals surface area contributed by atoms with Crippen LogP contribution in [0.4, 0.5) is 4.39 Å². The molecule has 18 heavy (non-hydrogen) atoms. The van der Waals surface area contributed by atoms with Crippen molar-refractivity contribution in [2.45, 2.75) is 25.7 Å². The highest BCUT2D eigenvalue weighted by molar-refractivity contribution is 9.09. The minimum atomic E-state index is -0.431. The Labute approximate surface area is 114 Å². The van der Waals surface area contributed by atoms with Gasteiger partial charge in [0.1, 0.15) is 11.5 Å². The van der Waals surface area contributed by atoms with Crippen LogP contribution in [0.25, 0.3) is 0 Å². The summed E-state index contributed by atoms with van der Waals surface area (Å²) in [6.45, 7) is 0.649. The summed E-state index contributed by atoms with van der Waals surface area (Å²) in [7, 11) is 0. The first-order valence-electron chi connectivity index (χ1n) is 6.11. The van der Waals surface area contributed by atoms with E-state index in [9.17, 15) is 9.18 Å². The number of amides is 1. The van der Waals surface area contributed by atoms with Crippen LogP contribution >= 0.6 is 15.9 Å². The Morgan fingerprint density at radius 2 is 2.17 bits per heavy atom. The molecule has 1 aliphatic carbocycles. The largest absolute Gasteiger partial charge is 0.350 e. The highest BCUT2D eigenvalue weighted by Gasteiger charge is 2.33. The number of rotatable bonds is 4. The number of pyridine rings is 1. The number of nitrogens with zero attached hydrogens (tertiary/aromatic N) is 1. The van der Waals surface area contributed by atoms with Crippen LogP contribution in [0.5, 0.6) is 0 Å². The molecule has 0 bridgehead atoms. The van der Waals surface area contributed by atoms with Gasteiger partial charge in [0.05, 0.1) is 6.20 Å². The first-order valence-corrected chi connectivity index (χ1v) is 7.23. The molecule has 1 fully saturated rings. The third-order valence-corrected chi connectivity index (χ3v) is 4.72. The highest BCUT2D eigenvalue weighted by Crippen LogP contribution is 2.38. The van der Waals surface area contributed by atoms with Crippen molar-refractivity contribution in [1.82, 2.24) is 10.3 Å². The van der Waals surface area contributed by atoms with Crippen LogP contribution in [0.2, 0.25) is 0 Å². The Kier molecular flexibility index (Phi) is 4.32. The maximum atomic E-state index is 12.7. The van der Waals surface area contributed by atoms with Crippen LogP contribution in [0.3, 0.4) is 0 Å². The fraction of sp³-hybridized carbons (Fsp3) is 0.538. The summed E-state index contributed by atoms with van der Waals surface area (Å²) >= 11 is 3.53. The molecule has 3 nitrogen and oxygen atoms in total. The van der Waals surface area contributed by atoms with Gasteiger partial charge in [-0.25, -0.2) is 9.37 Å². The molecular formula is C13H16BrFN2O. The van der Waals surface area contributed by atoms with Crippen LogP contribution in [-0.2, 0) is 0 Å². The fourth-order valence-electron chi connectivity index (χ4n) is 2.35. The molecule has 0 radical (unpaired) electrons. The zero-order valence-electron chi connectivity index (χ0n) is 10.1. The summed E-state index contributed by atoms with van der Waals surface area (Å²) in [5.74, 6) is -0.665. The van der Waals surface area contributed by atoms with E-state index in [0.29, 0.717) is 6.54 Å². The summed E-state index contributed by atoms with van der Waals surface area (Å²) < 4.78 is 12.7. The van der Waals surface area contributed by atoms with Gasteiger partial charge in [0.15, 0.2) is 0 Å². The summed E-state index contributed by atoms with van der Waals surface area (Å²) in [4.78, 5) is 15.6. The van der Waals surface area contributed by atoms with Crippen LogP contribution < -0.4 is 5.32 Å². The Balaban J connectivity index is 1.93. The number of aromatic nitrogens is 1. The van der Waals surface area contributed by atoms with E-state index in [-0.39, 0.29) is 17.0 Å². The first kappa shape index (κ1) is 13.5. The molecule has 1 aliphatic rings. The SMILES string of the molecule is O=C(NCC1(CBr)CCCC1)c1ccc(F)cn1. The third kappa shape index (κ3) is 3.07. The van der Waals surface area contributed by atoms with E-state index in [2.05, 4.69) is 26.2 Å². The zero-order valence-corrected chi connectivity index (χ0v) is 11.7. The monoisotopic (exact) mass is 314 g/mol. The molecule has 5 heteroatoms. The van der Waals surface area contributed by atoms with Gasteiger partial charge in [-0.05, 0) is 30.4 Å². The second-order valence-corrected chi connectivity index (χ2v) is 5.45. The lowest BCUT2D eigenvalue weighted by Gasteiger charge is -2.26. The van der Waals surface area contributed by atoms with E-state index in [1.165, 1.54) is 25.0 Å². The second-order valence-electron chi connectivity index (χ2n) is 4.89. The topological polar surface area (TPSA) is 42.0 Å². The lowest BCUT2D eigenvalue weighted by Crippen LogP contribution is -2.37. The maximum Gasteiger partial charge on any atom is 0.269 e. The van der Waals surface area contributed by atoms with Crippen molar-refractivity contribution in [3.05, 3.63) is 29.8 Å². The minimum absolute atomic E-state index is 0.176. The van der Waals surface area contributed by atoms with Gasteiger partial charge in [-0.2, -0.15) is 0 Å². The van der Waals surface area contributed by atoms with Gasteiger partial charge in [-0.1, -0.05) is 28.8 Å². The van der Waals surface area contributed by atoms with Crippen molar-refractivity contribution < 1.29 is 9.18 Å². The van der Waals surface area contributed by atoms with Crippen molar-refractivity contribution in [3.63, 3.8) is 0 Å². The molecule has 1 aromatic rings. The zero-order chi connectivity index (χ0) is 13.0. The summed E-state index contributed by atoms with van der Waals surface area (Å²) in [5.41, 5.74) is 0.439. The Hall–Kier alpha value is -0.970. The number of carbonyl (C=O) groups excluding carboxylic acids is 1. The van der Waals surface area contributed by atoms with Crippen molar-refractivity contribution in [2.75, 3.05) is 11.9 Å². The number of carbonyl (C=O) groups is 1. The van der Waals surface area contributed by atoms with E-state index in [0.717, 1.165) is 24.4 Å². The van der Waals surface area contributed by atoms with Gasteiger partial charge in [-0.3, -0.25) is 4.79 Å². The predicted molar refractivity (Wildman–Crippen MR) is 71.2 cm³/mol. The normalized spacial score (nSPS) is 17.7. The van der Waals surface area contributed by atoms with E-state index < -0.39 is 5.82 Å². The average molecular weight is 315 g/mol. The van der Waals surface area contributed by atoms with Gasteiger partial charge in [0, 0.05) is 11.9 Å². The van der Waals surface area contributed by atoms with Crippen molar-refractivity contribution in [2.24, 2.45) is 5.41 Å². The summed E-state index contributed by atoms with van der Waals surface area (Å²) in [6.07, 6.45) is 5.77. The van der Waals surface area contributed by atoms with Crippen LogP contribution in [0, 0.1) is 11.2 Å². The Morgan fingerprint density at radius 1 is 1.44 bits per heavy atom. The predicted octanol–water partition coefficient (Wildman–Crippen LogP) is 2.91. The number of halogens is 2. The van der Waals surface area contributed by atoms with Gasteiger partial charge in [0.25, 0.3) is 5.91 Å². The number of hydrogen-bond donors (Lipinski definition) is 1. The summed E-state index contributed by atoms with van der Waals surface area (Å²) in [5, 5.41) is 3.80. The molecule has 0 unspecified atom stereocenters. The molecule has 0 atom stereocenters. The van der Waals surface area contributed by atoms with Crippen LogP contribution in [-0.4, -0.2) is 22.8 Å². The van der Waals surface area contributed by atoms with E-state index >= 15 is 0 Å². The third-order valence-electron chi connectivity index (χ3n) is 3.53. The van der Waals surface area contributed by atoms with Crippen molar-refractivity contribution >= 4 is 21.8 Å². The minimum Gasteiger partial charge on any atom is -0.350 e. The lowest BCUT2D eigenvalue weighted by molar-refractivity contribution is 0.0930. The molecule has 1 aromatic heterocycles. The fourth-order valence-corrected chi connectivity index (χ4v) is 3.11. The Bertz CT molecular complexity index is 416. The molecular weight excluding hydrogens is 299 g/mol. The van der Waals surface area contributed by atoms with E-state index in [4.69, 9.17) is 0 Å². The second kappa shape index (κ2) is 5.78. The molecule has 1 amide bonds. The maximum absolute atomic E-state index is 12.7. The van der Waals surface area contributed by atoms with Gasteiger partial charge in [0.2, 0.25) is 0 Å². The molecule has 1 N–H and O–H groups in total. The molecule has 1 heterocycles. The average Bonchev–Trinajstić information content (AvgIpc) is 2.86. The molecule has 2 rings (SSSR count). The van der Waals surface area contributed by atoms with Crippen LogP contribution in [0.15, 0.2) is 18.3 Å². The molecule has 0 aliphatic heterocycles. The molecule has 1 saturated carbocycles. The van der Waals surface area contributed by atoms with E-state index in [1.54, 1.807) is 0 Å². The van der Waals surface area contributed by atoms with Gasteiger partial charge in [-0.15, -0.1) is 0 Å². The number of hydrogen-bond acceptors (Lipinski definition) is 2. The molecule has 0 spiro atoms. The number of nitrogens with one attached hydrogen (secondary N) is 1. The smallest absolute Gasteiger partial charge is 0.269 e. The quantitative estimate of drug-likeness (QED) is 0.868. The van der Waals surface area contributed by atoms with E-state index in [1.807, 2.05) is 0 Å². The van der Waals surface area contributed by atoms with Crippen LogP contribution in [0.1, 0.15) is 36.2 Å². The highest BCUT2D eigenvalue weighted by atomic mass is 79.9. The van der Waals surface area contributed by atoms with Crippen molar-refractivity contribution in [3.8, 4) is 0 Å². The first-order chi connectivity index (χ1) is 8.65. The van der Waals surface area contributed by atoms with Gasteiger partial charge >= 0.3 is 0 Å². The molecule has 0 saturated heterocycles. The molecule has 0 aromatic carbocycles. The summed E-state index contributed by atoms with van der Waals surface area (Å²) in [6, 6.07) is 2.65.